The first-order valence-corrected chi connectivity index (χ1v) is 11.4. The van der Waals surface area contributed by atoms with Gasteiger partial charge in [-0.15, -0.1) is 11.3 Å². The summed E-state index contributed by atoms with van der Waals surface area (Å²) in [5.74, 6) is -0.901. The van der Waals surface area contributed by atoms with Crippen LogP contribution in [0.25, 0.3) is 0 Å². The maximum atomic E-state index is 15.0. The minimum Gasteiger partial charge on any atom is -0.442 e. The number of carbonyl (C=O) groups excluding carboxylic acids is 3. The molecule has 2 aliphatic heterocycles. The number of amides is 3. The average molecular weight is 478 g/mol. The van der Waals surface area contributed by atoms with Crippen LogP contribution in [0, 0.1) is 5.82 Å². The molecule has 0 aliphatic carbocycles. The second-order valence-corrected chi connectivity index (χ2v) is 8.59. The Hall–Kier alpha value is -3.25. The zero-order valence-electron chi connectivity index (χ0n) is 18.0. The number of nitrogens with zero attached hydrogens (tertiary/aromatic N) is 4. The molecule has 2 saturated heterocycles. The van der Waals surface area contributed by atoms with Gasteiger partial charge in [0, 0.05) is 31.6 Å². The fraction of sp³-hybridized carbons (Fsp3) is 0.429. The van der Waals surface area contributed by atoms with Gasteiger partial charge in [-0.05, 0) is 18.2 Å². The fourth-order valence-corrected chi connectivity index (χ4v) is 4.27. The van der Waals surface area contributed by atoms with Crippen molar-refractivity contribution in [1.82, 2.24) is 15.4 Å². The monoisotopic (exact) mass is 477 g/mol. The molecule has 0 bridgehead atoms. The normalized spacial score (nSPS) is 18.8. The number of cyclic esters (lactones) is 1. The van der Waals surface area contributed by atoms with Gasteiger partial charge in [0.25, 0.3) is 5.91 Å². The smallest absolute Gasteiger partial charge is 0.414 e. The van der Waals surface area contributed by atoms with Crippen LogP contribution in [0.1, 0.15) is 11.9 Å². The zero-order chi connectivity index (χ0) is 23.4. The summed E-state index contributed by atoms with van der Waals surface area (Å²) < 4.78 is 20.2. The number of aromatic nitrogens is 1. The van der Waals surface area contributed by atoms with Crippen molar-refractivity contribution in [3.05, 3.63) is 40.6 Å². The third kappa shape index (κ3) is 5.57. The van der Waals surface area contributed by atoms with Crippen LogP contribution in [-0.4, -0.2) is 73.4 Å². The summed E-state index contributed by atoms with van der Waals surface area (Å²) in [5, 5.41) is 6.44. The van der Waals surface area contributed by atoms with Crippen molar-refractivity contribution in [2.24, 2.45) is 0 Å². The molecule has 2 fully saturated rings. The lowest BCUT2D eigenvalue weighted by molar-refractivity contribution is -0.181. The van der Waals surface area contributed by atoms with Gasteiger partial charge >= 0.3 is 6.09 Å². The van der Waals surface area contributed by atoms with Gasteiger partial charge in [-0.2, -0.15) is 0 Å². The standard InChI is InChI=1S/C21H24FN5O5S/c1-14(28)24-12-16-13-26(21(30)32-16)15-2-3-18(17(22)10-15)25-5-6-27(31-8-7-25)20(29)11-19-23-4-9-33-19/h2-4,9-10,16H,5-8,11-13H2,1H3,(H,24,28)/t16-/m0/s1. The van der Waals surface area contributed by atoms with E-state index in [1.54, 1.807) is 23.2 Å². The van der Waals surface area contributed by atoms with Gasteiger partial charge in [-0.25, -0.2) is 19.2 Å². The molecule has 1 aromatic carbocycles. The Morgan fingerprint density at radius 3 is 2.88 bits per heavy atom. The highest BCUT2D eigenvalue weighted by Crippen LogP contribution is 2.28. The molecule has 0 spiro atoms. The molecule has 1 atom stereocenters. The van der Waals surface area contributed by atoms with Gasteiger partial charge in [-0.3, -0.25) is 19.3 Å². The first kappa shape index (κ1) is 22.9. The number of hydroxylamine groups is 2. The molecule has 3 heterocycles. The van der Waals surface area contributed by atoms with Crippen molar-refractivity contribution in [2.75, 3.05) is 49.1 Å². The number of thiazole rings is 1. The van der Waals surface area contributed by atoms with Crippen molar-refractivity contribution in [2.45, 2.75) is 19.4 Å². The molecule has 2 aromatic rings. The second kappa shape index (κ2) is 10.1. The lowest BCUT2D eigenvalue weighted by Gasteiger charge is -2.24. The number of anilines is 2. The Labute approximate surface area is 193 Å². The number of hydrogen-bond acceptors (Lipinski definition) is 8. The third-order valence-corrected chi connectivity index (χ3v) is 6.06. The molecule has 0 radical (unpaired) electrons. The van der Waals surface area contributed by atoms with E-state index in [2.05, 4.69) is 10.3 Å². The van der Waals surface area contributed by atoms with Crippen molar-refractivity contribution in [3.8, 4) is 0 Å². The first-order chi connectivity index (χ1) is 15.9. The topological polar surface area (TPSA) is 104 Å². The molecule has 176 valence electrons. The van der Waals surface area contributed by atoms with E-state index in [1.807, 2.05) is 5.38 Å². The predicted octanol–water partition coefficient (Wildman–Crippen LogP) is 1.57. The van der Waals surface area contributed by atoms with Crippen LogP contribution in [-0.2, 0) is 25.6 Å². The van der Waals surface area contributed by atoms with Gasteiger partial charge in [0.1, 0.15) is 16.9 Å². The summed E-state index contributed by atoms with van der Waals surface area (Å²) >= 11 is 1.41. The molecule has 10 nitrogen and oxygen atoms in total. The molecule has 1 N–H and O–H groups in total. The summed E-state index contributed by atoms with van der Waals surface area (Å²) in [4.78, 5) is 48.5. The highest BCUT2D eigenvalue weighted by molar-refractivity contribution is 7.09. The van der Waals surface area contributed by atoms with E-state index >= 15 is 4.39 Å². The number of rotatable bonds is 6. The van der Waals surface area contributed by atoms with E-state index in [4.69, 9.17) is 9.57 Å². The molecule has 0 saturated carbocycles. The Morgan fingerprint density at radius 1 is 1.30 bits per heavy atom. The van der Waals surface area contributed by atoms with E-state index in [0.29, 0.717) is 29.5 Å². The maximum absolute atomic E-state index is 15.0. The Kier molecular flexibility index (Phi) is 7.04. The van der Waals surface area contributed by atoms with Gasteiger partial charge < -0.3 is 15.0 Å². The van der Waals surface area contributed by atoms with Crippen molar-refractivity contribution in [1.29, 1.82) is 0 Å². The maximum Gasteiger partial charge on any atom is 0.414 e. The summed E-state index contributed by atoms with van der Waals surface area (Å²) in [6.07, 6.45) is 0.723. The van der Waals surface area contributed by atoms with Crippen LogP contribution in [0.2, 0.25) is 0 Å². The molecule has 2 aliphatic rings. The molecule has 12 heteroatoms. The number of carbonyl (C=O) groups is 3. The van der Waals surface area contributed by atoms with E-state index in [-0.39, 0.29) is 44.5 Å². The quantitative estimate of drug-likeness (QED) is 0.673. The van der Waals surface area contributed by atoms with Crippen LogP contribution in [0.5, 0.6) is 0 Å². The number of ether oxygens (including phenoxy) is 1. The van der Waals surface area contributed by atoms with E-state index in [9.17, 15) is 14.4 Å². The third-order valence-electron chi connectivity index (χ3n) is 5.28. The summed E-state index contributed by atoms with van der Waals surface area (Å²) in [6.45, 7) is 3.11. The molecular formula is C21H24FN5O5S. The Morgan fingerprint density at radius 2 is 2.15 bits per heavy atom. The fourth-order valence-electron chi connectivity index (χ4n) is 3.66. The van der Waals surface area contributed by atoms with E-state index < -0.39 is 18.0 Å². The summed E-state index contributed by atoms with van der Waals surface area (Å²) in [6, 6.07) is 4.54. The van der Waals surface area contributed by atoms with Crippen LogP contribution in [0.4, 0.5) is 20.6 Å². The molecule has 33 heavy (non-hydrogen) atoms. The Bertz CT molecular complexity index is 1020. The van der Waals surface area contributed by atoms with Crippen LogP contribution < -0.4 is 15.1 Å². The minimum atomic E-state index is -0.588. The predicted molar refractivity (Wildman–Crippen MR) is 118 cm³/mol. The van der Waals surface area contributed by atoms with Crippen LogP contribution in [0.15, 0.2) is 29.8 Å². The van der Waals surface area contributed by atoms with Gasteiger partial charge in [0.15, 0.2) is 0 Å². The molecule has 4 rings (SSSR count). The second-order valence-electron chi connectivity index (χ2n) is 7.61. The van der Waals surface area contributed by atoms with E-state index in [1.165, 1.54) is 34.3 Å². The van der Waals surface area contributed by atoms with Gasteiger partial charge in [-0.1, -0.05) is 0 Å². The number of halogens is 1. The van der Waals surface area contributed by atoms with Crippen molar-refractivity contribution >= 4 is 40.6 Å². The van der Waals surface area contributed by atoms with Crippen molar-refractivity contribution < 1.29 is 28.3 Å². The summed E-state index contributed by atoms with van der Waals surface area (Å²) in [7, 11) is 0. The van der Waals surface area contributed by atoms with Gasteiger partial charge in [0.05, 0.1) is 44.0 Å². The lowest BCUT2D eigenvalue weighted by Crippen LogP contribution is -2.35. The molecule has 0 unspecified atom stereocenters. The number of benzene rings is 1. The first-order valence-electron chi connectivity index (χ1n) is 10.5. The molecule has 3 amide bonds. The molecule has 1 aromatic heterocycles. The van der Waals surface area contributed by atoms with Crippen molar-refractivity contribution in [3.63, 3.8) is 0 Å². The minimum absolute atomic E-state index is 0.162. The average Bonchev–Trinajstić information content (AvgIpc) is 3.35. The highest BCUT2D eigenvalue weighted by atomic mass is 32.1. The molecular weight excluding hydrogens is 453 g/mol. The highest BCUT2D eigenvalue weighted by Gasteiger charge is 2.33. The largest absolute Gasteiger partial charge is 0.442 e. The van der Waals surface area contributed by atoms with Crippen LogP contribution in [0.3, 0.4) is 0 Å². The number of nitrogens with one attached hydrogen (secondary N) is 1. The van der Waals surface area contributed by atoms with Gasteiger partial charge in [0.2, 0.25) is 5.91 Å². The van der Waals surface area contributed by atoms with E-state index in [0.717, 1.165) is 0 Å². The Balaban J connectivity index is 1.37. The zero-order valence-corrected chi connectivity index (χ0v) is 18.8. The van der Waals surface area contributed by atoms with Crippen LogP contribution >= 0.6 is 11.3 Å². The SMILES string of the molecule is CC(=O)NC[C@H]1CN(c2ccc(N3CCON(C(=O)Cc4nccs4)CC3)c(F)c2)C(=O)O1. The lowest BCUT2D eigenvalue weighted by atomic mass is 10.2. The number of hydrogen-bond donors (Lipinski definition) is 1. The summed E-state index contributed by atoms with van der Waals surface area (Å²) in [5.41, 5.74) is 0.733.